The molecule has 0 heterocycles. The first-order valence-electron chi connectivity index (χ1n) is 8.01. The van der Waals surface area contributed by atoms with E-state index in [1.165, 1.54) is 0 Å². The summed E-state index contributed by atoms with van der Waals surface area (Å²) in [5.74, 6) is 0.793. The van der Waals surface area contributed by atoms with Crippen LogP contribution in [0.5, 0.6) is 5.75 Å². The Bertz CT molecular complexity index is 693. The second-order valence-corrected chi connectivity index (χ2v) is 6.09. The first-order chi connectivity index (χ1) is 11.6. The maximum atomic E-state index is 11.9. The Morgan fingerprint density at radius 3 is 2.68 bits per heavy atom. The molecule has 0 radical (unpaired) electrons. The predicted molar refractivity (Wildman–Crippen MR) is 106 cm³/mol. The Morgan fingerprint density at radius 1 is 1.20 bits per heavy atom. The van der Waals surface area contributed by atoms with Gasteiger partial charge in [-0.25, -0.2) is 0 Å². The van der Waals surface area contributed by atoms with Crippen molar-refractivity contribution in [2.24, 2.45) is 0 Å². The maximum Gasteiger partial charge on any atom is 0.224 e. The number of hydrogen-bond donors (Lipinski definition) is 2. The number of aryl methyl sites for hydroxylation is 1. The molecule has 6 heteroatoms. The van der Waals surface area contributed by atoms with Gasteiger partial charge < -0.3 is 15.4 Å². The van der Waals surface area contributed by atoms with Gasteiger partial charge in [0.05, 0.1) is 0 Å². The summed E-state index contributed by atoms with van der Waals surface area (Å²) in [6.07, 6.45) is 1.33. The van der Waals surface area contributed by atoms with Crippen LogP contribution in [0.2, 0.25) is 5.02 Å². The number of nitrogens with one attached hydrogen (secondary N) is 2. The van der Waals surface area contributed by atoms with Crippen LogP contribution in [-0.2, 0) is 11.4 Å². The van der Waals surface area contributed by atoms with E-state index in [0.717, 1.165) is 35.5 Å². The smallest absolute Gasteiger partial charge is 0.224 e. The highest BCUT2D eigenvalue weighted by molar-refractivity contribution is 6.30. The van der Waals surface area contributed by atoms with Gasteiger partial charge in [0.25, 0.3) is 0 Å². The van der Waals surface area contributed by atoms with Crippen molar-refractivity contribution in [1.29, 1.82) is 0 Å². The molecule has 0 aliphatic rings. The summed E-state index contributed by atoms with van der Waals surface area (Å²) >= 11 is 5.97. The number of ether oxygens (including phenoxy) is 1. The van der Waals surface area contributed by atoms with E-state index < -0.39 is 0 Å². The average molecular weight is 383 g/mol. The number of benzene rings is 2. The van der Waals surface area contributed by atoms with Crippen molar-refractivity contribution in [2.45, 2.75) is 26.4 Å². The highest BCUT2D eigenvalue weighted by Gasteiger charge is 2.06. The monoisotopic (exact) mass is 382 g/mol. The molecule has 0 aliphatic carbocycles. The summed E-state index contributed by atoms with van der Waals surface area (Å²) in [7, 11) is 1.88. The summed E-state index contributed by atoms with van der Waals surface area (Å²) in [5, 5.41) is 6.67. The topological polar surface area (TPSA) is 50.4 Å². The third-order valence-corrected chi connectivity index (χ3v) is 3.83. The second kappa shape index (κ2) is 11.0. The summed E-state index contributed by atoms with van der Waals surface area (Å²) in [5.41, 5.74) is 2.81. The lowest BCUT2D eigenvalue weighted by Gasteiger charge is -2.12. The molecular weight excluding hydrogens is 359 g/mol. The van der Waals surface area contributed by atoms with Crippen LogP contribution in [0.25, 0.3) is 0 Å². The van der Waals surface area contributed by atoms with Gasteiger partial charge in [-0.05, 0) is 68.4 Å². The molecule has 136 valence electrons. The van der Waals surface area contributed by atoms with E-state index in [1.54, 1.807) is 0 Å². The molecule has 25 heavy (non-hydrogen) atoms. The molecule has 4 nitrogen and oxygen atoms in total. The molecule has 0 fully saturated rings. The largest absolute Gasteiger partial charge is 0.489 e. The molecule has 1 amide bonds. The van der Waals surface area contributed by atoms with E-state index in [0.29, 0.717) is 18.1 Å². The van der Waals surface area contributed by atoms with Gasteiger partial charge in [0.1, 0.15) is 12.4 Å². The zero-order valence-corrected chi connectivity index (χ0v) is 16.0. The molecule has 0 bridgehead atoms. The lowest BCUT2D eigenvalue weighted by Crippen LogP contribution is -2.15. The standard InChI is InChI=1S/C19H23ClN2O2.ClH/c1-14-11-17(24-13-15-5-3-6-16(20)12-15)8-9-18(14)22-19(23)7-4-10-21-2;/h3,5-6,8-9,11-12,21H,4,7,10,13H2,1-2H3,(H,22,23);1H. The summed E-state index contributed by atoms with van der Waals surface area (Å²) in [4.78, 5) is 11.9. The molecule has 0 aliphatic heterocycles. The lowest BCUT2D eigenvalue weighted by atomic mass is 10.1. The Balaban J connectivity index is 0.00000312. The van der Waals surface area contributed by atoms with Crippen LogP contribution in [0, 0.1) is 6.92 Å². The van der Waals surface area contributed by atoms with Crippen LogP contribution in [0.4, 0.5) is 5.69 Å². The third-order valence-electron chi connectivity index (χ3n) is 3.60. The second-order valence-electron chi connectivity index (χ2n) is 5.65. The van der Waals surface area contributed by atoms with E-state index in [1.807, 2.05) is 56.4 Å². The third kappa shape index (κ3) is 7.34. The predicted octanol–water partition coefficient (Wildman–Crippen LogP) is 4.59. The Hall–Kier alpha value is -1.75. The number of anilines is 1. The van der Waals surface area contributed by atoms with Gasteiger partial charge in [-0.1, -0.05) is 23.7 Å². The van der Waals surface area contributed by atoms with Crippen LogP contribution in [0.15, 0.2) is 42.5 Å². The van der Waals surface area contributed by atoms with E-state index >= 15 is 0 Å². The number of hydrogen-bond acceptors (Lipinski definition) is 3. The highest BCUT2D eigenvalue weighted by atomic mass is 35.5. The molecule has 2 aromatic carbocycles. The van der Waals surface area contributed by atoms with Crippen molar-refractivity contribution in [3.63, 3.8) is 0 Å². The Kier molecular flexibility index (Phi) is 9.35. The van der Waals surface area contributed by atoms with Crippen molar-refractivity contribution < 1.29 is 9.53 Å². The van der Waals surface area contributed by atoms with E-state index in [9.17, 15) is 4.79 Å². The number of halogens is 2. The van der Waals surface area contributed by atoms with Gasteiger partial charge >= 0.3 is 0 Å². The van der Waals surface area contributed by atoms with E-state index in [-0.39, 0.29) is 18.3 Å². The molecule has 0 saturated carbocycles. The fraction of sp³-hybridized carbons (Fsp3) is 0.316. The first-order valence-corrected chi connectivity index (χ1v) is 8.38. The van der Waals surface area contributed by atoms with Crippen molar-refractivity contribution in [3.05, 3.63) is 58.6 Å². The summed E-state index contributed by atoms with van der Waals surface area (Å²) < 4.78 is 5.79. The highest BCUT2D eigenvalue weighted by Crippen LogP contribution is 2.23. The zero-order chi connectivity index (χ0) is 17.4. The van der Waals surface area contributed by atoms with Crippen LogP contribution in [0.3, 0.4) is 0 Å². The number of amides is 1. The minimum Gasteiger partial charge on any atom is -0.489 e. The number of rotatable bonds is 8. The van der Waals surface area contributed by atoms with Gasteiger partial charge in [0.15, 0.2) is 0 Å². The Labute approximate surface area is 160 Å². The lowest BCUT2D eigenvalue weighted by molar-refractivity contribution is -0.116. The number of carbonyl (C=O) groups is 1. The van der Waals surface area contributed by atoms with Crippen LogP contribution >= 0.6 is 24.0 Å². The fourth-order valence-electron chi connectivity index (χ4n) is 2.30. The number of carbonyl (C=O) groups excluding carboxylic acids is 1. The van der Waals surface area contributed by atoms with Gasteiger partial charge in [-0.15, -0.1) is 12.4 Å². The minimum absolute atomic E-state index is 0. The molecule has 0 unspecified atom stereocenters. The molecular formula is C19H24Cl2N2O2. The molecule has 0 saturated heterocycles. The van der Waals surface area contributed by atoms with Crippen molar-refractivity contribution in [1.82, 2.24) is 5.32 Å². The van der Waals surface area contributed by atoms with Gasteiger partial charge in [0.2, 0.25) is 5.91 Å². The van der Waals surface area contributed by atoms with E-state index in [4.69, 9.17) is 16.3 Å². The minimum atomic E-state index is 0. The van der Waals surface area contributed by atoms with Crippen molar-refractivity contribution in [3.8, 4) is 5.75 Å². The molecule has 2 aromatic rings. The fourth-order valence-corrected chi connectivity index (χ4v) is 2.51. The van der Waals surface area contributed by atoms with Crippen LogP contribution < -0.4 is 15.4 Å². The summed E-state index contributed by atoms with van der Waals surface area (Å²) in [6.45, 7) is 3.24. The first kappa shape index (κ1) is 21.3. The normalized spacial score (nSPS) is 10.0. The van der Waals surface area contributed by atoms with Crippen LogP contribution in [0.1, 0.15) is 24.0 Å². The molecule has 0 atom stereocenters. The SMILES string of the molecule is CNCCCC(=O)Nc1ccc(OCc2cccc(Cl)c2)cc1C.Cl. The van der Waals surface area contributed by atoms with Gasteiger partial charge in [-0.2, -0.15) is 0 Å². The summed E-state index contributed by atoms with van der Waals surface area (Å²) in [6, 6.07) is 13.3. The maximum absolute atomic E-state index is 11.9. The van der Waals surface area contributed by atoms with Gasteiger partial charge in [0, 0.05) is 17.1 Å². The molecule has 0 aromatic heterocycles. The van der Waals surface area contributed by atoms with Crippen molar-refractivity contribution >= 4 is 35.6 Å². The Morgan fingerprint density at radius 2 is 2.00 bits per heavy atom. The zero-order valence-electron chi connectivity index (χ0n) is 14.5. The molecule has 2 N–H and O–H groups in total. The van der Waals surface area contributed by atoms with Gasteiger partial charge in [-0.3, -0.25) is 4.79 Å². The van der Waals surface area contributed by atoms with E-state index in [2.05, 4.69) is 10.6 Å². The molecule has 0 spiro atoms. The van der Waals surface area contributed by atoms with Crippen molar-refractivity contribution in [2.75, 3.05) is 18.9 Å². The quantitative estimate of drug-likeness (QED) is 0.656. The average Bonchev–Trinajstić information content (AvgIpc) is 2.55. The van der Waals surface area contributed by atoms with Crippen LogP contribution in [-0.4, -0.2) is 19.5 Å². The molecule has 2 rings (SSSR count).